The highest BCUT2D eigenvalue weighted by atomic mass is 35.5. The molecule has 0 radical (unpaired) electrons. The third-order valence-electron chi connectivity index (χ3n) is 20.8. The number of nitrogens with zero attached hydrogens (tertiary/aromatic N) is 7. The van der Waals surface area contributed by atoms with Crippen LogP contribution in [0.25, 0.3) is 0 Å². The number of hydrogen-bond acceptors (Lipinski definition) is 21. The van der Waals surface area contributed by atoms with Crippen molar-refractivity contribution in [1.82, 2.24) is 0 Å². The Labute approximate surface area is 828 Å². The number of benzene rings is 14. The molecule has 0 aliphatic carbocycles. The predicted octanol–water partition coefficient (Wildman–Crippen LogP) is 30.2. The summed E-state index contributed by atoms with van der Waals surface area (Å²) in [6, 6.07) is 84.1. The number of isocyanates is 7. The van der Waals surface area contributed by atoms with E-state index < -0.39 is 0 Å². The Kier molecular flexibility index (Phi) is 45.1. The van der Waals surface area contributed by atoms with Crippen LogP contribution in [0.5, 0.6) is 40.2 Å². The third-order valence-corrected chi connectivity index (χ3v) is 22.5. The summed E-state index contributed by atoms with van der Waals surface area (Å²) in [5.41, 5.74) is 24.3. The predicted molar refractivity (Wildman–Crippen MR) is 546 cm³/mol. The van der Waals surface area contributed by atoms with Gasteiger partial charge in [0, 0.05) is 55.1 Å². The Hall–Kier alpha value is -15.2. The van der Waals surface area contributed by atoms with E-state index in [1.807, 2.05) is 244 Å². The summed E-state index contributed by atoms with van der Waals surface area (Å²) < 4.78 is 40.3. The SMILES string of the molecule is CCc1cc(C)ccc1OCc1ccccc1N=C=O.Cc1cc(C)c(OCc2ccccc2N=C=O)cc1C.Cc1cc(C)c(OCc2ccccc2N=C=O)cc1Cl.Cc1cc(Cl)c(OCc2ccccc2N=C=O)cc1C.Cc1cc(Cl)c(OCc2ccccc2N=C=O)cc1Cl.Cc1ccc(OCc2ccccc2N=C=O)c(C)c1.Cc1ccc(OCc2ccccc2N=C=O)c(Cl)c1. The number of halogens is 5. The Morgan fingerprint density at radius 1 is 0.196 bits per heavy atom. The van der Waals surface area contributed by atoms with E-state index in [2.05, 4.69) is 80.8 Å². The molecule has 702 valence electrons. The van der Waals surface area contributed by atoms with E-state index in [-0.39, 0.29) is 6.61 Å². The van der Waals surface area contributed by atoms with Gasteiger partial charge in [0.15, 0.2) is 0 Å². The fourth-order valence-electron chi connectivity index (χ4n) is 13.1. The van der Waals surface area contributed by atoms with Crippen LogP contribution in [0.1, 0.15) is 118 Å². The number of carbonyl (C=O) groups excluding carboxylic acids is 7. The molecule has 14 aromatic rings. The molecule has 0 amide bonds. The number of ether oxygens (including phenoxy) is 7. The van der Waals surface area contributed by atoms with Gasteiger partial charge < -0.3 is 33.2 Å². The third kappa shape index (κ3) is 34.9. The number of hydrogen-bond donors (Lipinski definition) is 0. The fraction of sp³-hybridized carbons (Fsp3) is 0.188. The van der Waals surface area contributed by atoms with Gasteiger partial charge in [-0.3, -0.25) is 0 Å². The second-order valence-electron chi connectivity index (χ2n) is 31.0. The van der Waals surface area contributed by atoms with Crippen molar-refractivity contribution in [3.63, 3.8) is 0 Å². The second kappa shape index (κ2) is 57.5. The lowest BCUT2D eigenvalue weighted by Crippen LogP contribution is -1.99. The van der Waals surface area contributed by atoms with Crippen LogP contribution in [0.2, 0.25) is 25.1 Å². The van der Waals surface area contributed by atoms with Crippen LogP contribution in [-0.4, -0.2) is 42.6 Å². The number of aryl methyl sites for hydroxylation is 13. The standard InChI is InChI=1S/2C17H17NO2.2C16H14ClNO2.C16H15NO2.C15H11Cl2NO2.C15H12ClNO2/c1-12-8-14(3)17(9-13(12)2)20-10-15-6-4-5-7-16(15)18-11-19;1-3-14-10-13(2)8-9-17(14)20-11-15-6-4-5-7-16(15)18-12-19;1-11-7-14(17)16(8-12(11)2)20-9-13-5-3-4-6-15(13)18-10-19;1-11-7-12(2)16(8-14(11)17)20-9-13-5-3-4-6-15(13)18-10-19;1-12-7-8-16(13(2)9-12)19-10-14-5-3-4-6-15(14)17-11-18;1-10-6-13(17)15(7-12(10)16)20-8-11-4-2-3-5-14(11)18-9-19;1-11-6-7-15(13(16)8-11)19-9-12-4-2-3-5-14(12)17-10-18/h4-9H,10H2,1-3H3;4-10H,3,11H2,1-2H3;2*3-8H,9H2,1-2H3;3-9H,10H2,1-2H3;2-7H,8H2,1H3;2-8H,9H2,1H3. The molecule has 26 heteroatoms. The molecule has 0 saturated carbocycles. The fourth-order valence-corrected chi connectivity index (χ4v) is 14.2. The molecule has 138 heavy (non-hydrogen) atoms. The minimum atomic E-state index is 0.237. The monoisotopic (exact) mass is 1940 g/mol. The van der Waals surface area contributed by atoms with Gasteiger partial charge in [-0.25, -0.2) is 33.6 Å². The van der Waals surface area contributed by atoms with Gasteiger partial charge in [0.2, 0.25) is 42.6 Å². The van der Waals surface area contributed by atoms with Gasteiger partial charge in [-0.15, -0.1) is 0 Å². The zero-order valence-corrected chi connectivity index (χ0v) is 82.2. The van der Waals surface area contributed by atoms with Gasteiger partial charge in [0.1, 0.15) is 86.5 Å². The van der Waals surface area contributed by atoms with Crippen molar-refractivity contribution in [2.24, 2.45) is 34.9 Å². The molecular weight excluding hydrogens is 1840 g/mol. The molecule has 21 nitrogen and oxygen atoms in total. The molecule has 0 saturated heterocycles. The van der Waals surface area contributed by atoms with Crippen molar-refractivity contribution < 1.29 is 66.7 Å². The maximum absolute atomic E-state index is 10.4. The van der Waals surface area contributed by atoms with Gasteiger partial charge >= 0.3 is 0 Å². The first-order valence-electron chi connectivity index (χ1n) is 43.1. The van der Waals surface area contributed by atoms with Crippen LogP contribution in [0, 0.1) is 83.1 Å². The molecule has 0 unspecified atom stereocenters. The quantitative estimate of drug-likeness (QED) is 0.0312. The maximum atomic E-state index is 10.4. The van der Waals surface area contributed by atoms with E-state index >= 15 is 0 Å². The zero-order valence-electron chi connectivity index (χ0n) is 78.4. The first-order valence-corrected chi connectivity index (χ1v) is 45.0. The van der Waals surface area contributed by atoms with E-state index in [0.717, 1.165) is 113 Å². The lowest BCUT2D eigenvalue weighted by atomic mass is 10.1. The summed E-state index contributed by atoms with van der Waals surface area (Å²) in [5, 5.41) is 2.89. The van der Waals surface area contributed by atoms with E-state index in [0.29, 0.717) is 122 Å². The minimum Gasteiger partial charge on any atom is -0.489 e. The highest BCUT2D eigenvalue weighted by Crippen LogP contribution is 2.37. The van der Waals surface area contributed by atoms with E-state index in [9.17, 15) is 33.6 Å². The van der Waals surface area contributed by atoms with Gasteiger partial charge in [-0.1, -0.05) is 246 Å². The molecule has 14 rings (SSSR count). The Bertz CT molecular complexity index is 6320. The van der Waals surface area contributed by atoms with E-state index in [1.165, 1.54) is 40.0 Å². The topological polar surface area (TPSA) is 271 Å². The molecule has 0 aliphatic heterocycles. The summed E-state index contributed by atoms with van der Waals surface area (Å²) in [5.74, 6) is 5.03. The largest absolute Gasteiger partial charge is 0.489 e. The molecular formula is C112H100Cl5N7O14. The Morgan fingerprint density at radius 2 is 0.420 bits per heavy atom. The van der Waals surface area contributed by atoms with E-state index in [1.54, 1.807) is 103 Å². The first kappa shape index (κ1) is 108. The molecule has 14 aromatic carbocycles. The molecule has 0 aromatic heterocycles. The number of aliphatic imine (C=N–C) groups is 7. The van der Waals surface area contributed by atoms with Gasteiger partial charge in [-0.05, 0) is 248 Å². The van der Waals surface area contributed by atoms with Crippen LogP contribution in [0.3, 0.4) is 0 Å². The summed E-state index contributed by atoms with van der Waals surface area (Å²) >= 11 is 30.5. The number of rotatable bonds is 29. The smallest absolute Gasteiger partial charge is 0.240 e. The summed E-state index contributed by atoms with van der Waals surface area (Å²) in [7, 11) is 0. The lowest BCUT2D eigenvalue weighted by Gasteiger charge is -2.12. The van der Waals surface area contributed by atoms with Crippen LogP contribution in [0.15, 0.2) is 308 Å². The molecule has 0 N–H and O–H groups in total. The number of para-hydroxylation sites is 7. The zero-order chi connectivity index (χ0) is 99.8. The van der Waals surface area contributed by atoms with Gasteiger partial charge in [0.05, 0.1) is 54.9 Å². The maximum Gasteiger partial charge on any atom is 0.240 e. The van der Waals surface area contributed by atoms with Crippen molar-refractivity contribution in [3.05, 3.63) is 409 Å². The molecule has 0 atom stereocenters. The van der Waals surface area contributed by atoms with Crippen LogP contribution < -0.4 is 33.2 Å². The molecule has 0 fully saturated rings. The highest BCUT2D eigenvalue weighted by molar-refractivity contribution is 6.35. The van der Waals surface area contributed by atoms with Crippen LogP contribution in [0.4, 0.5) is 39.8 Å². The van der Waals surface area contributed by atoms with Crippen molar-refractivity contribution in [1.29, 1.82) is 0 Å². The van der Waals surface area contributed by atoms with Crippen LogP contribution in [-0.2, 0) is 86.2 Å². The van der Waals surface area contributed by atoms with E-state index in [4.69, 9.17) is 91.2 Å². The molecule has 0 spiro atoms. The summed E-state index contributed by atoms with van der Waals surface area (Å²) in [6.07, 6.45) is 11.8. The van der Waals surface area contributed by atoms with Crippen molar-refractivity contribution in [2.75, 3.05) is 0 Å². The lowest BCUT2D eigenvalue weighted by molar-refractivity contribution is 0.303. The van der Waals surface area contributed by atoms with Gasteiger partial charge in [0.25, 0.3) is 0 Å². The Morgan fingerprint density at radius 3 is 0.761 bits per heavy atom. The minimum absolute atomic E-state index is 0.237. The molecule has 0 heterocycles. The first-order chi connectivity index (χ1) is 66.6. The molecule has 0 bridgehead atoms. The average molecular weight is 1950 g/mol. The van der Waals surface area contributed by atoms with Gasteiger partial charge in [-0.2, -0.15) is 34.9 Å². The van der Waals surface area contributed by atoms with Crippen molar-refractivity contribution in [3.8, 4) is 40.2 Å². The van der Waals surface area contributed by atoms with Crippen molar-refractivity contribution in [2.45, 2.75) is 143 Å². The Balaban J connectivity index is 0.000000198. The van der Waals surface area contributed by atoms with Crippen LogP contribution >= 0.6 is 58.0 Å². The molecule has 0 aliphatic rings. The van der Waals surface area contributed by atoms with Crippen molar-refractivity contribution >= 4 is 140 Å². The highest BCUT2D eigenvalue weighted by Gasteiger charge is 2.15. The average Bonchev–Trinajstić information content (AvgIpc) is 0.854. The summed E-state index contributed by atoms with van der Waals surface area (Å²) in [6.45, 7) is 28.4. The second-order valence-corrected chi connectivity index (χ2v) is 33.0. The summed E-state index contributed by atoms with van der Waals surface area (Å²) in [4.78, 5) is 98.3. The normalized spacial score (nSPS) is 9.90.